The van der Waals surface area contributed by atoms with Crippen molar-refractivity contribution in [2.75, 3.05) is 6.61 Å². The van der Waals surface area contributed by atoms with Gasteiger partial charge in [-0.15, -0.1) is 5.10 Å². The number of para-hydroxylation sites is 1. The molecule has 0 amide bonds. The Labute approximate surface area is 203 Å². The second-order valence-corrected chi connectivity index (χ2v) is 8.25. The summed E-state index contributed by atoms with van der Waals surface area (Å²) >= 11 is 0. The van der Waals surface area contributed by atoms with Crippen LogP contribution in [-0.2, 0) is 23.9 Å². The average molecular weight is 510 g/mol. The number of aromatic amines is 1. The fourth-order valence-electron chi connectivity index (χ4n) is 3.84. The van der Waals surface area contributed by atoms with E-state index >= 15 is 0 Å². The molecule has 5 atom stereocenters. The first kappa shape index (κ1) is 25.9. The van der Waals surface area contributed by atoms with Gasteiger partial charge in [-0.2, -0.15) is 13.2 Å². The van der Waals surface area contributed by atoms with Crippen molar-refractivity contribution < 1.29 is 47.8 Å². The van der Waals surface area contributed by atoms with Crippen molar-refractivity contribution in [1.29, 1.82) is 0 Å². The van der Waals surface area contributed by atoms with Gasteiger partial charge >= 0.3 is 6.18 Å². The van der Waals surface area contributed by atoms with Gasteiger partial charge in [-0.1, -0.05) is 48.5 Å². The molecule has 194 valence electrons. The quantitative estimate of drug-likeness (QED) is 0.309. The summed E-state index contributed by atoms with van der Waals surface area (Å²) in [5.74, 6) is -0.168. The van der Waals surface area contributed by atoms with Crippen LogP contribution in [0.2, 0.25) is 0 Å². The smallest absolute Gasteiger partial charge is 0.433 e. The number of aliphatic hydroxyl groups is 4. The number of hydrogen-bond acceptors (Lipinski definition) is 8. The maximum absolute atomic E-state index is 13.8. The second kappa shape index (κ2) is 10.8. The highest BCUT2D eigenvalue weighted by molar-refractivity contribution is 5.43. The minimum Gasteiger partial charge on any atom is -0.489 e. The molecule has 0 radical (unpaired) electrons. The van der Waals surface area contributed by atoms with Gasteiger partial charge in [0.2, 0.25) is 12.2 Å². The van der Waals surface area contributed by atoms with Crippen molar-refractivity contribution in [2.45, 2.75) is 49.9 Å². The molecule has 1 aromatic heterocycles. The lowest BCUT2D eigenvalue weighted by Crippen LogP contribution is -2.60. The van der Waals surface area contributed by atoms with Gasteiger partial charge in [0.1, 0.15) is 42.5 Å². The highest BCUT2D eigenvalue weighted by Crippen LogP contribution is 2.38. The number of nitrogens with zero attached hydrogens (tertiary/aromatic N) is 1. The van der Waals surface area contributed by atoms with Gasteiger partial charge in [-0.3, -0.25) is 5.10 Å². The molecule has 9 nitrogen and oxygen atoms in total. The summed E-state index contributed by atoms with van der Waals surface area (Å²) in [6, 6.07) is 15.8. The fourth-order valence-corrected chi connectivity index (χ4v) is 3.84. The molecule has 4 rings (SSSR count). The molecule has 1 aliphatic rings. The summed E-state index contributed by atoms with van der Waals surface area (Å²) in [4.78, 5) is 0. The number of benzene rings is 2. The van der Waals surface area contributed by atoms with E-state index in [-0.39, 0.29) is 18.6 Å². The van der Waals surface area contributed by atoms with Crippen LogP contribution in [0.3, 0.4) is 0 Å². The largest absolute Gasteiger partial charge is 0.489 e. The molecule has 0 saturated carbocycles. The lowest BCUT2D eigenvalue weighted by atomic mass is 9.99. The molecular formula is C24H25F3N2O7. The maximum Gasteiger partial charge on any atom is 0.433 e. The third-order valence-corrected chi connectivity index (χ3v) is 5.77. The zero-order valence-corrected chi connectivity index (χ0v) is 18.8. The van der Waals surface area contributed by atoms with E-state index in [0.717, 1.165) is 5.56 Å². The van der Waals surface area contributed by atoms with E-state index in [4.69, 9.17) is 14.2 Å². The van der Waals surface area contributed by atoms with E-state index in [9.17, 15) is 33.6 Å². The predicted molar refractivity (Wildman–Crippen MR) is 118 cm³/mol. The summed E-state index contributed by atoms with van der Waals surface area (Å²) < 4.78 is 57.9. The van der Waals surface area contributed by atoms with Crippen LogP contribution < -0.4 is 9.47 Å². The average Bonchev–Trinajstić information content (AvgIpc) is 3.27. The normalized spacial score (nSPS) is 24.5. The third kappa shape index (κ3) is 5.63. The lowest BCUT2D eigenvalue weighted by molar-refractivity contribution is -0.278. The molecule has 2 aromatic carbocycles. The van der Waals surface area contributed by atoms with Gasteiger partial charge in [-0.25, -0.2) is 0 Å². The number of alkyl halides is 3. The number of aromatic nitrogens is 2. The Hall–Kier alpha value is -3.16. The predicted octanol–water partition coefficient (Wildman–Crippen LogP) is 1.78. The number of hydrogen-bond donors (Lipinski definition) is 5. The molecule has 2 heterocycles. The monoisotopic (exact) mass is 510 g/mol. The zero-order valence-electron chi connectivity index (χ0n) is 18.8. The van der Waals surface area contributed by atoms with Gasteiger partial charge in [0.05, 0.1) is 12.2 Å². The minimum absolute atomic E-state index is 0.198. The molecule has 0 bridgehead atoms. The van der Waals surface area contributed by atoms with Crippen LogP contribution in [0.1, 0.15) is 22.4 Å². The lowest BCUT2D eigenvalue weighted by Gasteiger charge is -2.39. The van der Waals surface area contributed by atoms with Crippen LogP contribution in [-0.4, -0.2) is 67.9 Å². The molecule has 1 saturated heterocycles. The number of aliphatic hydroxyl groups excluding tert-OH is 4. The van der Waals surface area contributed by atoms with Gasteiger partial charge in [-0.05, 0) is 17.2 Å². The van der Waals surface area contributed by atoms with E-state index in [0.29, 0.717) is 11.3 Å². The molecule has 0 spiro atoms. The third-order valence-electron chi connectivity index (χ3n) is 5.77. The van der Waals surface area contributed by atoms with E-state index in [2.05, 4.69) is 5.10 Å². The van der Waals surface area contributed by atoms with Crippen LogP contribution in [0.5, 0.6) is 11.6 Å². The molecule has 12 heteroatoms. The molecule has 3 aromatic rings. The first-order valence-electron chi connectivity index (χ1n) is 11.0. The number of rotatable bonds is 8. The molecule has 1 aliphatic heterocycles. The van der Waals surface area contributed by atoms with E-state index in [1.165, 1.54) is 0 Å². The molecule has 36 heavy (non-hydrogen) atoms. The van der Waals surface area contributed by atoms with E-state index in [1.54, 1.807) is 24.3 Å². The Morgan fingerprint density at radius 1 is 0.944 bits per heavy atom. The van der Waals surface area contributed by atoms with Crippen molar-refractivity contribution in [3.8, 4) is 11.6 Å². The van der Waals surface area contributed by atoms with E-state index in [1.807, 2.05) is 35.4 Å². The zero-order chi connectivity index (χ0) is 25.9. The van der Waals surface area contributed by atoms with Crippen molar-refractivity contribution in [3.63, 3.8) is 0 Å². The first-order chi connectivity index (χ1) is 17.2. The number of halogens is 3. The van der Waals surface area contributed by atoms with Gasteiger partial charge in [0.25, 0.3) is 0 Å². The van der Waals surface area contributed by atoms with Crippen molar-refractivity contribution in [2.24, 2.45) is 0 Å². The van der Waals surface area contributed by atoms with Crippen molar-refractivity contribution in [3.05, 3.63) is 77.0 Å². The topological polar surface area (TPSA) is 137 Å². The Balaban J connectivity index is 1.61. The van der Waals surface area contributed by atoms with Gasteiger partial charge in [0.15, 0.2) is 0 Å². The minimum atomic E-state index is -4.81. The summed E-state index contributed by atoms with van der Waals surface area (Å²) in [6.07, 6.45) is -13.3. The Morgan fingerprint density at radius 2 is 1.64 bits per heavy atom. The summed E-state index contributed by atoms with van der Waals surface area (Å²) in [5, 5.41) is 45.0. The second-order valence-electron chi connectivity index (χ2n) is 8.25. The van der Waals surface area contributed by atoms with Crippen molar-refractivity contribution >= 4 is 0 Å². The number of nitrogens with one attached hydrogen (secondary N) is 1. The molecular weight excluding hydrogens is 485 g/mol. The Morgan fingerprint density at radius 3 is 2.33 bits per heavy atom. The Bertz CT molecular complexity index is 1140. The van der Waals surface area contributed by atoms with Crippen LogP contribution in [0.25, 0.3) is 0 Å². The van der Waals surface area contributed by atoms with Crippen LogP contribution >= 0.6 is 0 Å². The number of H-pyrrole nitrogens is 1. The Kier molecular flexibility index (Phi) is 7.81. The summed E-state index contributed by atoms with van der Waals surface area (Å²) in [7, 11) is 0. The van der Waals surface area contributed by atoms with E-state index < -0.39 is 55.1 Å². The van der Waals surface area contributed by atoms with Crippen molar-refractivity contribution in [1.82, 2.24) is 10.2 Å². The number of ether oxygens (including phenoxy) is 3. The van der Waals surface area contributed by atoms with Gasteiger partial charge in [0, 0.05) is 6.42 Å². The van der Waals surface area contributed by atoms with Crippen LogP contribution in [0.4, 0.5) is 13.2 Å². The summed E-state index contributed by atoms with van der Waals surface area (Å²) in [6.45, 7) is -0.526. The molecule has 1 fully saturated rings. The SMILES string of the molecule is OCC1OC(Oc2n[nH]c(C(F)(F)F)c2Cc2ccccc2OCc2ccccc2)C(O)C(O)C1O. The summed E-state index contributed by atoms with van der Waals surface area (Å²) in [5.41, 5.74) is -0.257. The first-order valence-corrected chi connectivity index (χ1v) is 11.0. The molecule has 0 aliphatic carbocycles. The van der Waals surface area contributed by atoms with Crippen LogP contribution in [0, 0.1) is 0 Å². The maximum atomic E-state index is 13.8. The highest BCUT2D eigenvalue weighted by Gasteiger charge is 2.46. The van der Waals surface area contributed by atoms with Crippen LogP contribution in [0.15, 0.2) is 54.6 Å². The molecule has 5 unspecified atom stereocenters. The fraction of sp³-hybridized carbons (Fsp3) is 0.375. The molecule has 5 N–H and O–H groups in total. The highest BCUT2D eigenvalue weighted by atomic mass is 19.4. The standard InChI is InChI=1S/C24H25F3N2O7/c25-24(26,27)21-15(10-14-8-4-5-9-16(14)34-12-13-6-2-1-3-7-13)22(29-28-21)36-23-20(33)19(32)18(31)17(11-30)35-23/h1-9,17-20,23,30-33H,10-12H2,(H,28,29). The van der Waals surface area contributed by atoms with Gasteiger partial charge < -0.3 is 34.6 Å².